The summed E-state index contributed by atoms with van der Waals surface area (Å²) < 4.78 is 10.6. The first-order valence-corrected chi connectivity index (χ1v) is 8.56. The third kappa shape index (κ3) is 3.99. The van der Waals surface area contributed by atoms with Crippen LogP contribution in [0.15, 0.2) is 18.2 Å². The van der Waals surface area contributed by atoms with Gasteiger partial charge >= 0.3 is 0 Å². The van der Waals surface area contributed by atoms with Gasteiger partial charge < -0.3 is 14.4 Å². The lowest BCUT2D eigenvalue weighted by Gasteiger charge is -2.28. The van der Waals surface area contributed by atoms with Crippen LogP contribution < -0.4 is 9.47 Å². The van der Waals surface area contributed by atoms with Crippen LogP contribution in [0.1, 0.15) is 38.3 Å². The highest BCUT2D eigenvalue weighted by Crippen LogP contribution is 2.36. The third-order valence-corrected chi connectivity index (χ3v) is 4.99. The molecule has 23 heavy (non-hydrogen) atoms. The lowest BCUT2D eigenvalue weighted by Crippen LogP contribution is -2.30. The molecule has 2 unspecified atom stereocenters. The molecule has 0 bridgehead atoms. The largest absolute Gasteiger partial charge is 0.493 e. The van der Waals surface area contributed by atoms with E-state index >= 15 is 0 Å². The normalized spacial score (nSPS) is 18.9. The topological polar surface area (TPSA) is 55.8 Å². The van der Waals surface area contributed by atoms with Crippen molar-refractivity contribution in [2.45, 2.75) is 38.0 Å². The number of methoxy groups -OCH3 is 2. The van der Waals surface area contributed by atoms with Crippen LogP contribution in [0.25, 0.3) is 0 Å². The maximum atomic E-state index is 12.4. The summed E-state index contributed by atoms with van der Waals surface area (Å²) in [4.78, 5) is 25.5. The minimum atomic E-state index is -0.0140. The number of hydrogen-bond donors (Lipinski definition) is 0. The number of hydrogen-bond acceptors (Lipinski definition) is 5. The van der Waals surface area contributed by atoms with E-state index in [0.29, 0.717) is 24.5 Å². The molecule has 2 atom stereocenters. The number of carbonyl (C=O) groups is 2. The van der Waals surface area contributed by atoms with Crippen LogP contribution in [0.5, 0.6) is 11.5 Å². The molecule has 6 heteroatoms. The fourth-order valence-corrected chi connectivity index (χ4v) is 3.94. The van der Waals surface area contributed by atoms with Gasteiger partial charge in [-0.15, -0.1) is 0 Å². The van der Waals surface area contributed by atoms with Crippen molar-refractivity contribution in [2.75, 3.05) is 20.8 Å². The van der Waals surface area contributed by atoms with Crippen molar-refractivity contribution in [1.29, 1.82) is 0 Å². The highest BCUT2D eigenvalue weighted by atomic mass is 32.2. The van der Waals surface area contributed by atoms with Gasteiger partial charge in [0.15, 0.2) is 16.6 Å². The first kappa shape index (κ1) is 17.7. The van der Waals surface area contributed by atoms with E-state index in [0.717, 1.165) is 12.0 Å². The Morgan fingerprint density at radius 3 is 2.61 bits per heavy atom. The van der Waals surface area contributed by atoms with Crippen LogP contribution in [0.3, 0.4) is 0 Å². The molecule has 1 aliphatic heterocycles. The second kappa shape index (κ2) is 7.73. The van der Waals surface area contributed by atoms with Crippen LogP contribution >= 0.6 is 11.8 Å². The van der Waals surface area contributed by atoms with Gasteiger partial charge in [0.25, 0.3) is 0 Å². The van der Waals surface area contributed by atoms with E-state index in [1.807, 2.05) is 23.1 Å². The molecule has 1 aromatic carbocycles. The average Bonchev–Trinajstić information content (AvgIpc) is 2.87. The molecule has 0 radical (unpaired) electrons. The standard InChI is InChI=1S/C17H23NO4S/c1-5-14(12-6-7-15(21-3)16(8-12)22-4)18-10-13(9-17(18)20)23-11(2)19/h6-8,13-14H,5,9-10H2,1-4H3. The molecule has 1 fully saturated rings. The number of amides is 1. The maximum Gasteiger partial charge on any atom is 0.224 e. The van der Waals surface area contributed by atoms with Crippen molar-refractivity contribution in [3.63, 3.8) is 0 Å². The summed E-state index contributed by atoms with van der Waals surface area (Å²) >= 11 is 1.26. The number of nitrogens with zero attached hydrogens (tertiary/aromatic N) is 1. The summed E-state index contributed by atoms with van der Waals surface area (Å²) in [5, 5.41) is 0.109. The van der Waals surface area contributed by atoms with E-state index in [1.54, 1.807) is 21.1 Å². The Hall–Kier alpha value is -1.69. The monoisotopic (exact) mass is 337 g/mol. The Morgan fingerprint density at radius 1 is 1.35 bits per heavy atom. The minimum absolute atomic E-state index is 0.0140. The van der Waals surface area contributed by atoms with Crippen LogP contribution in [0.2, 0.25) is 0 Å². The number of likely N-dealkylation sites (tertiary alicyclic amines) is 1. The first-order valence-electron chi connectivity index (χ1n) is 7.68. The molecule has 0 aromatic heterocycles. The second-order valence-electron chi connectivity index (χ2n) is 5.52. The third-order valence-electron chi connectivity index (χ3n) is 4.01. The van der Waals surface area contributed by atoms with Gasteiger partial charge in [-0.2, -0.15) is 0 Å². The van der Waals surface area contributed by atoms with E-state index in [1.165, 1.54) is 11.8 Å². The zero-order chi connectivity index (χ0) is 17.0. The van der Waals surface area contributed by atoms with Gasteiger partial charge in [-0.25, -0.2) is 0 Å². The van der Waals surface area contributed by atoms with E-state index in [4.69, 9.17) is 9.47 Å². The van der Waals surface area contributed by atoms with Crippen molar-refractivity contribution in [3.05, 3.63) is 23.8 Å². The molecule has 0 N–H and O–H groups in total. The highest BCUT2D eigenvalue weighted by molar-refractivity contribution is 8.14. The van der Waals surface area contributed by atoms with Crippen molar-refractivity contribution in [2.24, 2.45) is 0 Å². The summed E-state index contributed by atoms with van der Waals surface area (Å²) in [6.07, 6.45) is 1.23. The summed E-state index contributed by atoms with van der Waals surface area (Å²) in [6.45, 7) is 4.21. The Labute approximate surface area is 141 Å². The molecule has 0 saturated carbocycles. The van der Waals surface area contributed by atoms with E-state index < -0.39 is 0 Å². The van der Waals surface area contributed by atoms with Gasteiger partial charge in [-0.3, -0.25) is 9.59 Å². The Balaban J connectivity index is 2.22. The molecule has 1 aromatic rings. The van der Waals surface area contributed by atoms with Crippen molar-refractivity contribution < 1.29 is 19.1 Å². The lowest BCUT2D eigenvalue weighted by atomic mass is 10.0. The van der Waals surface area contributed by atoms with Crippen LogP contribution in [-0.4, -0.2) is 41.9 Å². The van der Waals surface area contributed by atoms with E-state index in [9.17, 15) is 9.59 Å². The van der Waals surface area contributed by atoms with Crippen LogP contribution in [0.4, 0.5) is 0 Å². The molecule has 0 aliphatic carbocycles. The first-order chi connectivity index (χ1) is 11.0. The predicted octanol–water partition coefficient (Wildman–Crippen LogP) is 3.04. The van der Waals surface area contributed by atoms with Crippen molar-refractivity contribution in [3.8, 4) is 11.5 Å². The summed E-state index contributed by atoms with van der Waals surface area (Å²) in [5.74, 6) is 1.43. The number of rotatable bonds is 6. The molecule has 126 valence electrons. The van der Waals surface area contributed by atoms with Gasteiger partial charge in [0.2, 0.25) is 5.91 Å². The molecule has 5 nitrogen and oxygen atoms in total. The minimum Gasteiger partial charge on any atom is -0.493 e. The molecule has 2 rings (SSSR count). The van der Waals surface area contributed by atoms with Gasteiger partial charge in [-0.1, -0.05) is 24.8 Å². The van der Waals surface area contributed by atoms with Gasteiger partial charge in [0.05, 0.1) is 20.3 Å². The zero-order valence-electron chi connectivity index (χ0n) is 14.0. The molecule has 0 spiro atoms. The SMILES string of the molecule is CCC(c1ccc(OC)c(OC)c1)N1CC(SC(C)=O)CC1=O. The number of benzene rings is 1. The molecule has 1 aliphatic rings. The van der Waals surface area contributed by atoms with Crippen LogP contribution in [-0.2, 0) is 9.59 Å². The summed E-state index contributed by atoms with van der Waals surface area (Å²) in [7, 11) is 3.20. The Bertz CT molecular complexity index is 590. The molecule has 1 amide bonds. The fourth-order valence-electron chi connectivity index (χ4n) is 3.01. The number of thioether (sulfide) groups is 1. The van der Waals surface area contributed by atoms with Crippen LogP contribution in [0, 0.1) is 0 Å². The fraction of sp³-hybridized carbons (Fsp3) is 0.529. The number of ether oxygens (including phenoxy) is 2. The van der Waals surface area contributed by atoms with E-state index in [-0.39, 0.29) is 22.3 Å². The van der Waals surface area contributed by atoms with Crippen molar-refractivity contribution in [1.82, 2.24) is 4.90 Å². The lowest BCUT2D eigenvalue weighted by molar-refractivity contribution is -0.129. The van der Waals surface area contributed by atoms with Gasteiger partial charge in [0, 0.05) is 25.1 Å². The smallest absolute Gasteiger partial charge is 0.224 e. The van der Waals surface area contributed by atoms with Gasteiger partial charge in [0.1, 0.15) is 0 Å². The second-order valence-corrected chi connectivity index (χ2v) is 7.00. The van der Waals surface area contributed by atoms with Gasteiger partial charge in [-0.05, 0) is 24.1 Å². The highest BCUT2D eigenvalue weighted by Gasteiger charge is 2.35. The summed E-state index contributed by atoms with van der Waals surface area (Å²) in [6, 6.07) is 5.74. The van der Waals surface area contributed by atoms with Crippen molar-refractivity contribution >= 4 is 22.8 Å². The Morgan fingerprint density at radius 2 is 2.04 bits per heavy atom. The Kier molecular flexibility index (Phi) is 5.93. The molecule has 1 heterocycles. The maximum absolute atomic E-state index is 12.4. The predicted molar refractivity (Wildman–Crippen MR) is 91.0 cm³/mol. The zero-order valence-corrected chi connectivity index (χ0v) is 14.8. The number of carbonyl (C=O) groups excluding carboxylic acids is 2. The molecular weight excluding hydrogens is 314 g/mol. The average molecular weight is 337 g/mol. The molecule has 1 saturated heterocycles. The summed E-state index contributed by atoms with van der Waals surface area (Å²) in [5.41, 5.74) is 1.02. The molecular formula is C17H23NO4S. The van der Waals surface area contributed by atoms with E-state index in [2.05, 4.69) is 6.92 Å². The quantitative estimate of drug-likeness (QED) is 0.798.